The zero-order valence-corrected chi connectivity index (χ0v) is 22.9. The summed E-state index contributed by atoms with van der Waals surface area (Å²) in [4.78, 5) is 32.9. The number of carbonyl (C=O) groups is 1. The van der Waals surface area contributed by atoms with Crippen molar-refractivity contribution in [3.05, 3.63) is 59.7 Å². The predicted molar refractivity (Wildman–Crippen MR) is 155 cm³/mol. The second kappa shape index (κ2) is 12.1. The van der Waals surface area contributed by atoms with Crippen LogP contribution in [0.15, 0.2) is 54.2 Å². The Kier molecular flexibility index (Phi) is 8.40. The van der Waals surface area contributed by atoms with E-state index in [2.05, 4.69) is 31.5 Å². The Bertz CT molecular complexity index is 1330. The molecule has 1 fully saturated rings. The molecule has 37 heavy (non-hydrogen) atoms. The zero-order valence-electron chi connectivity index (χ0n) is 21.3. The number of carbonyl (C=O) groups excluding carboxylic acids is 1. The number of rotatable bonds is 10. The maximum absolute atomic E-state index is 13.6. The summed E-state index contributed by atoms with van der Waals surface area (Å²) in [5.74, 6) is 0.0705. The number of piperazine rings is 1. The molecule has 0 unspecified atom stereocenters. The van der Waals surface area contributed by atoms with Gasteiger partial charge in [0.25, 0.3) is 0 Å². The lowest BCUT2D eigenvalue weighted by Crippen LogP contribution is -2.45. The Morgan fingerprint density at radius 3 is 2.92 bits per heavy atom. The number of H-pyrrole nitrogens is 1. The van der Waals surface area contributed by atoms with Crippen LogP contribution >= 0.6 is 23.3 Å². The zero-order chi connectivity index (χ0) is 25.6. The number of amides is 1. The van der Waals surface area contributed by atoms with Crippen LogP contribution in [0.25, 0.3) is 22.3 Å². The SMILES string of the molecule is CSNc1cccc(CC(=O)N(CCCN2CCN(C)CC2)c2nc(-c3c[nH]c4ncccc34)cs2)c1. The molecule has 1 aliphatic heterocycles. The molecule has 1 saturated heterocycles. The quantitative estimate of drug-likeness (QED) is 0.288. The van der Waals surface area contributed by atoms with Crippen molar-refractivity contribution in [3.63, 3.8) is 0 Å². The van der Waals surface area contributed by atoms with Gasteiger partial charge in [-0.3, -0.25) is 9.69 Å². The Morgan fingerprint density at radius 1 is 1.22 bits per heavy atom. The van der Waals surface area contributed by atoms with Crippen LogP contribution < -0.4 is 9.62 Å². The fourth-order valence-corrected chi connectivity index (χ4v) is 5.89. The number of pyridine rings is 1. The van der Waals surface area contributed by atoms with E-state index < -0.39 is 0 Å². The molecule has 8 nitrogen and oxygen atoms in total. The topological polar surface area (TPSA) is 80.4 Å². The van der Waals surface area contributed by atoms with E-state index in [0.29, 0.717) is 13.0 Å². The highest BCUT2D eigenvalue weighted by molar-refractivity contribution is 7.99. The van der Waals surface area contributed by atoms with E-state index in [0.717, 1.165) is 77.8 Å². The standard InChI is InChI=1S/C27H33N7OS2/c1-32-12-14-33(15-13-32)10-5-11-34(25(35)17-20-6-3-7-21(16-20)31-36-2)27-30-24(19-37-27)23-18-29-26-22(23)8-4-9-28-26/h3-4,6-9,16,18-19,31H,5,10-15,17H2,1-2H3,(H,28,29). The number of benzene rings is 1. The van der Waals surface area contributed by atoms with Gasteiger partial charge in [0, 0.05) is 73.4 Å². The first kappa shape index (κ1) is 25.7. The molecule has 1 aromatic carbocycles. The molecule has 0 aliphatic carbocycles. The monoisotopic (exact) mass is 535 g/mol. The van der Waals surface area contributed by atoms with Crippen molar-refractivity contribution in [2.45, 2.75) is 12.8 Å². The van der Waals surface area contributed by atoms with Gasteiger partial charge in [-0.05, 0) is 49.8 Å². The predicted octanol–water partition coefficient (Wildman–Crippen LogP) is 4.59. The molecular formula is C27H33N7OS2. The van der Waals surface area contributed by atoms with Crippen LogP contribution in [0.2, 0.25) is 0 Å². The molecule has 1 amide bonds. The second-order valence-corrected chi connectivity index (χ2v) is 10.8. The lowest BCUT2D eigenvalue weighted by molar-refractivity contribution is -0.118. The fraction of sp³-hybridized carbons (Fsp3) is 0.370. The first-order chi connectivity index (χ1) is 18.1. The number of thiazole rings is 1. The maximum atomic E-state index is 13.6. The van der Waals surface area contributed by atoms with Crippen molar-refractivity contribution in [3.8, 4) is 11.3 Å². The molecule has 4 heterocycles. The number of anilines is 2. The van der Waals surface area contributed by atoms with Crippen LogP contribution in [0.5, 0.6) is 0 Å². The highest BCUT2D eigenvalue weighted by Crippen LogP contribution is 2.32. The summed E-state index contributed by atoms with van der Waals surface area (Å²) in [6.45, 7) is 5.98. The van der Waals surface area contributed by atoms with Crippen LogP contribution in [-0.4, -0.2) is 83.2 Å². The molecule has 0 spiro atoms. The summed E-state index contributed by atoms with van der Waals surface area (Å²) in [5.41, 5.74) is 4.70. The highest BCUT2D eigenvalue weighted by Gasteiger charge is 2.22. The average molecular weight is 536 g/mol. The molecule has 4 aromatic rings. The molecule has 10 heteroatoms. The van der Waals surface area contributed by atoms with Crippen molar-refractivity contribution in [2.75, 3.05) is 62.2 Å². The van der Waals surface area contributed by atoms with Gasteiger partial charge in [0.15, 0.2) is 5.13 Å². The Morgan fingerprint density at radius 2 is 2.08 bits per heavy atom. The number of nitrogens with zero attached hydrogens (tertiary/aromatic N) is 5. The number of hydrogen-bond donors (Lipinski definition) is 2. The summed E-state index contributed by atoms with van der Waals surface area (Å²) in [6.07, 6.45) is 6.96. The summed E-state index contributed by atoms with van der Waals surface area (Å²) < 4.78 is 3.25. The molecule has 2 N–H and O–H groups in total. The van der Waals surface area contributed by atoms with E-state index in [1.54, 1.807) is 18.1 Å². The first-order valence-electron chi connectivity index (χ1n) is 12.6. The second-order valence-electron chi connectivity index (χ2n) is 9.34. The molecule has 3 aromatic heterocycles. The van der Waals surface area contributed by atoms with Crippen molar-refractivity contribution in [1.29, 1.82) is 0 Å². The molecule has 0 radical (unpaired) electrons. The third-order valence-corrected chi connectivity index (χ3v) is 8.01. The largest absolute Gasteiger partial charge is 0.345 e. The Balaban J connectivity index is 1.34. The van der Waals surface area contributed by atoms with E-state index in [1.807, 2.05) is 59.1 Å². The molecule has 5 rings (SSSR count). The number of aromatic amines is 1. The van der Waals surface area contributed by atoms with E-state index in [9.17, 15) is 4.79 Å². The normalized spacial score (nSPS) is 14.8. The van der Waals surface area contributed by atoms with Crippen LogP contribution in [0.4, 0.5) is 10.8 Å². The molecule has 0 bridgehead atoms. The molecule has 0 atom stereocenters. The van der Waals surface area contributed by atoms with Gasteiger partial charge in [-0.25, -0.2) is 9.97 Å². The van der Waals surface area contributed by atoms with Crippen LogP contribution in [0.3, 0.4) is 0 Å². The number of aromatic nitrogens is 3. The number of nitrogens with one attached hydrogen (secondary N) is 2. The van der Waals surface area contributed by atoms with Gasteiger partial charge in [0.2, 0.25) is 5.91 Å². The number of hydrogen-bond acceptors (Lipinski definition) is 8. The third kappa shape index (κ3) is 6.32. The van der Waals surface area contributed by atoms with Gasteiger partial charge in [-0.2, -0.15) is 0 Å². The number of likely N-dealkylation sites (N-methyl/N-ethyl adjacent to an activating group) is 1. The lowest BCUT2D eigenvalue weighted by atomic mass is 10.1. The maximum Gasteiger partial charge on any atom is 0.233 e. The minimum absolute atomic E-state index is 0.0705. The van der Waals surface area contributed by atoms with Crippen molar-refractivity contribution >= 4 is 51.0 Å². The van der Waals surface area contributed by atoms with Crippen molar-refractivity contribution in [1.82, 2.24) is 24.8 Å². The van der Waals surface area contributed by atoms with E-state index in [4.69, 9.17) is 4.98 Å². The minimum atomic E-state index is 0.0705. The fourth-order valence-electron chi connectivity index (χ4n) is 4.66. The average Bonchev–Trinajstić information content (AvgIpc) is 3.55. The van der Waals surface area contributed by atoms with Gasteiger partial charge in [0.05, 0.1) is 12.1 Å². The molecule has 1 aliphatic rings. The summed E-state index contributed by atoms with van der Waals surface area (Å²) in [6, 6.07) is 12.0. The van der Waals surface area contributed by atoms with Crippen LogP contribution in [0.1, 0.15) is 12.0 Å². The Hall–Kier alpha value is -2.92. The third-order valence-electron chi connectivity index (χ3n) is 6.71. The van der Waals surface area contributed by atoms with Gasteiger partial charge in [-0.15, -0.1) is 11.3 Å². The van der Waals surface area contributed by atoms with Crippen LogP contribution in [0, 0.1) is 0 Å². The van der Waals surface area contributed by atoms with Crippen molar-refractivity contribution in [2.24, 2.45) is 0 Å². The van der Waals surface area contributed by atoms with E-state index in [-0.39, 0.29) is 5.91 Å². The van der Waals surface area contributed by atoms with E-state index in [1.165, 1.54) is 11.3 Å². The van der Waals surface area contributed by atoms with Gasteiger partial charge >= 0.3 is 0 Å². The van der Waals surface area contributed by atoms with E-state index >= 15 is 0 Å². The molecule has 0 saturated carbocycles. The highest BCUT2D eigenvalue weighted by atomic mass is 32.2. The summed E-state index contributed by atoms with van der Waals surface area (Å²) >= 11 is 3.07. The smallest absolute Gasteiger partial charge is 0.233 e. The van der Waals surface area contributed by atoms with Gasteiger partial charge in [0.1, 0.15) is 5.65 Å². The Labute approximate surface area is 226 Å². The van der Waals surface area contributed by atoms with Crippen LogP contribution in [-0.2, 0) is 11.2 Å². The summed E-state index contributed by atoms with van der Waals surface area (Å²) in [7, 11) is 2.17. The van der Waals surface area contributed by atoms with Crippen molar-refractivity contribution < 1.29 is 4.79 Å². The first-order valence-corrected chi connectivity index (χ1v) is 14.7. The van der Waals surface area contributed by atoms with Gasteiger partial charge < -0.3 is 19.5 Å². The summed E-state index contributed by atoms with van der Waals surface area (Å²) in [5, 5.41) is 3.81. The number of fused-ring (bicyclic) bond motifs is 1. The molecule has 194 valence electrons. The minimum Gasteiger partial charge on any atom is -0.345 e. The lowest BCUT2D eigenvalue weighted by Gasteiger charge is -2.32. The van der Waals surface area contributed by atoms with Gasteiger partial charge in [-0.1, -0.05) is 24.1 Å². The molecular weight excluding hydrogens is 502 g/mol.